The topological polar surface area (TPSA) is 55.1 Å². The average molecular weight is 450 g/mol. The number of halogens is 8. The molecule has 0 bridgehead atoms. The van der Waals surface area contributed by atoms with Crippen molar-refractivity contribution in [2.75, 3.05) is 5.32 Å². The van der Waals surface area contributed by atoms with Gasteiger partial charge in [0.25, 0.3) is 11.8 Å². The summed E-state index contributed by atoms with van der Waals surface area (Å²) in [6, 6.07) is 5.41. The van der Waals surface area contributed by atoms with E-state index in [-0.39, 0.29) is 22.7 Å². The molecule has 1 amide bonds. The van der Waals surface area contributed by atoms with Crippen LogP contribution in [-0.4, -0.2) is 17.1 Å². The third-order valence-electron chi connectivity index (χ3n) is 4.07. The Hall–Kier alpha value is -3.44. The van der Waals surface area contributed by atoms with Crippen molar-refractivity contribution in [3.05, 3.63) is 71.1 Å². The molecule has 0 aliphatic carbocycles. The Morgan fingerprint density at radius 2 is 1.52 bits per heavy atom. The minimum Gasteiger partial charge on any atom is -0.440 e. The molecular formula is C19H10F8N2O2. The fraction of sp³-hybridized carbons (Fsp3) is 0.158. The summed E-state index contributed by atoms with van der Waals surface area (Å²) in [6.45, 7) is 1.13. The summed E-state index contributed by atoms with van der Waals surface area (Å²) in [5.41, 5.74) is -1.26. The SMILES string of the molecule is Cc1oc(C(F)(F)C(F)(F)F)nc1-c1ccc(NC(=O)c2c(F)cc(F)cc2F)cc1. The minimum absolute atomic E-state index is 0.00105. The van der Waals surface area contributed by atoms with E-state index in [1.807, 2.05) is 0 Å². The molecule has 0 radical (unpaired) electrons. The van der Waals surface area contributed by atoms with Gasteiger partial charge in [-0.25, -0.2) is 18.2 Å². The second-order valence-electron chi connectivity index (χ2n) is 6.27. The summed E-state index contributed by atoms with van der Waals surface area (Å²) < 4.78 is 109. The zero-order chi connectivity index (χ0) is 23.1. The van der Waals surface area contributed by atoms with Crippen molar-refractivity contribution in [3.8, 4) is 11.3 Å². The molecule has 1 N–H and O–H groups in total. The third kappa shape index (κ3) is 4.23. The molecule has 1 heterocycles. The fourth-order valence-electron chi connectivity index (χ4n) is 2.58. The fourth-order valence-corrected chi connectivity index (χ4v) is 2.58. The molecule has 3 aromatic rings. The van der Waals surface area contributed by atoms with E-state index >= 15 is 0 Å². The van der Waals surface area contributed by atoms with Crippen LogP contribution < -0.4 is 5.32 Å². The van der Waals surface area contributed by atoms with Crippen LogP contribution in [0.1, 0.15) is 22.0 Å². The molecule has 0 atom stereocenters. The number of anilines is 1. The molecule has 12 heteroatoms. The number of alkyl halides is 5. The first-order chi connectivity index (χ1) is 14.3. The summed E-state index contributed by atoms with van der Waals surface area (Å²) in [5, 5.41) is 2.15. The molecule has 3 rings (SSSR count). The van der Waals surface area contributed by atoms with Crippen LogP contribution in [0.25, 0.3) is 11.3 Å². The van der Waals surface area contributed by atoms with Crippen molar-refractivity contribution < 1.29 is 44.3 Å². The lowest BCUT2D eigenvalue weighted by Crippen LogP contribution is -2.33. The van der Waals surface area contributed by atoms with Crippen LogP contribution in [0.3, 0.4) is 0 Å². The van der Waals surface area contributed by atoms with Crippen LogP contribution >= 0.6 is 0 Å². The standard InChI is InChI=1S/C19H10F8N2O2/c1-8-15(29-17(31-8)18(23,24)19(25,26)27)9-2-4-11(5-3-9)28-16(30)14-12(21)6-10(20)7-13(14)22/h2-7H,1H3,(H,28,30). The van der Waals surface area contributed by atoms with Gasteiger partial charge in [-0.05, 0) is 19.1 Å². The van der Waals surface area contributed by atoms with E-state index in [0.717, 1.165) is 6.92 Å². The predicted octanol–water partition coefficient (Wildman–Crippen LogP) is 5.97. The number of aryl methyl sites for hydroxylation is 1. The van der Waals surface area contributed by atoms with Crippen molar-refractivity contribution >= 4 is 11.6 Å². The Morgan fingerprint density at radius 1 is 0.968 bits per heavy atom. The lowest BCUT2D eigenvalue weighted by molar-refractivity contribution is -0.297. The maximum atomic E-state index is 13.7. The first-order valence-corrected chi connectivity index (χ1v) is 8.30. The van der Waals surface area contributed by atoms with Gasteiger partial charge >= 0.3 is 12.1 Å². The molecule has 0 spiro atoms. The Labute approximate surface area is 168 Å². The highest BCUT2D eigenvalue weighted by Crippen LogP contribution is 2.44. The molecule has 0 saturated heterocycles. The van der Waals surface area contributed by atoms with Crippen LogP contribution in [0.5, 0.6) is 0 Å². The van der Waals surface area contributed by atoms with Gasteiger partial charge in [0.2, 0.25) is 0 Å². The van der Waals surface area contributed by atoms with Gasteiger partial charge in [-0.3, -0.25) is 4.79 Å². The average Bonchev–Trinajstić information content (AvgIpc) is 3.03. The quantitative estimate of drug-likeness (QED) is 0.498. The van der Waals surface area contributed by atoms with Gasteiger partial charge < -0.3 is 9.73 Å². The highest BCUT2D eigenvalue weighted by atomic mass is 19.4. The summed E-state index contributed by atoms with van der Waals surface area (Å²) in [4.78, 5) is 15.3. The molecular weight excluding hydrogens is 440 g/mol. The van der Waals surface area contributed by atoms with E-state index < -0.39 is 46.9 Å². The van der Waals surface area contributed by atoms with Crippen LogP contribution in [0.4, 0.5) is 40.8 Å². The molecule has 0 fully saturated rings. The number of carbonyl (C=O) groups excluding carboxylic acids is 1. The van der Waals surface area contributed by atoms with Crippen LogP contribution in [0, 0.1) is 24.4 Å². The summed E-state index contributed by atoms with van der Waals surface area (Å²) >= 11 is 0. The largest absolute Gasteiger partial charge is 0.463 e. The van der Waals surface area contributed by atoms with Crippen LogP contribution in [0.15, 0.2) is 40.8 Å². The minimum atomic E-state index is -5.90. The first-order valence-electron chi connectivity index (χ1n) is 8.30. The van der Waals surface area contributed by atoms with Crippen LogP contribution in [-0.2, 0) is 5.92 Å². The molecule has 31 heavy (non-hydrogen) atoms. The summed E-state index contributed by atoms with van der Waals surface area (Å²) in [7, 11) is 0. The van der Waals surface area contributed by atoms with Crippen molar-refractivity contribution in [1.29, 1.82) is 0 Å². The van der Waals surface area contributed by atoms with Gasteiger partial charge in [0.1, 0.15) is 34.5 Å². The number of amides is 1. The lowest BCUT2D eigenvalue weighted by atomic mass is 10.1. The molecule has 0 saturated carbocycles. The number of aromatic nitrogens is 1. The lowest BCUT2D eigenvalue weighted by Gasteiger charge is -2.15. The number of nitrogens with one attached hydrogen (secondary N) is 1. The van der Waals surface area contributed by atoms with Gasteiger partial charge in [0.05, 0.1) is 0 Å². The molecule has 1 aromatic heterocycles. The number of hydrogen-bond acceptors (Lipinski definition) is 3. The van der Waals surface area contributed by atoms with Gasteiger partial charge in [-0.15, -0.1) is 0 Å². The number of hydrogen-bond donors (Lipinski definition) is 1. The second-order valence-corrected chi connectivity index (χ2v) is 6.27. The Kier molecular flexibility index (Phi) is 5.51. The van der Waals surface area contributed by atoms with Crippen molar-refractivity contribution in [2.45, 2.75) is 19.0 Å². The van der Waals surface area contributed by atoms with E-state index in [9.17, 15) is 39.9 Å². The highest BCUT2D eigenvalue weighted by molar-refractivity contribution is 6.04. The van der Waals surface area contributed by atoms with Crippen LogP contribution in [0.2, 0.25) is 0 Å². The van der Waals surface area contributed by atoms with E-state index in [4.69, 9.17) is 0 Å². The second kappa shape index (κ2) is 7.67. The molecule has 2 aromatic carbocycles. The smallest absolute Gasteiger partial charge is 0.440 e. The van der Waals surface area contributed by atoms with E-state index in [2.05, 4.69) is 14.7 Å². The number of oxazole rings is 1. The summed E-state index contributed by atoms with van der Waals surface area (Å²) in [6.07, 6.45) is -5.90. The summed E-state index contributed by atoms with van der Waals surface area (Å²) in [5.74, 6) is -12.7. The Morgan fingerprint density at radius 3 is 2.03 bits per heavy atom. The maximum absolute atomic E-state index is 13.7. The monoisotopic (exact) mass is 450 g/mol. The van der Waals surface area contributed by atoms with Gasteiger partial charge in [0.15, 0.2) is 0 Å². The zero-order valence-electron chi connectivity index (χ0n) is 15.3. The Balaban J connectivity index is 1.84. The number of carbonyl (C=O) groups is 1. The van der Waals surface area contributed by atoms with Gasteiger partial charge in [-0.1, -0.05) is 12.1 Å². The zero-order valence-corrected chi connectivity index (χ0v) is 15.3. The maximum Gasteiger partial charge on any atom is 0.463 e. The number of benzene rings is 2. The van der Waals surface area contributed by atoms with E-state index in [1.165, 1.54) is 24.3 Å². The number of nitrogens with zero attached hydrogens (tertiary/aromatic N) is 1. The molecule has 0 unspecified atom stereocenters. The first kappa shape index (κ1) is 22.2. The Bertz CT molecular complexity index is 1110. The normalized spacial score (nSPS) is 12.2. The van der Waals surface area contributed by atoms with Gasteiger partial charge in [-0.2, -0.15) is 22.0 Å². The van der Waals surface area contributed by atoms with Crippen molar-refractivity contribution in [2.24, 2.45) is 0 Å². The number of rotatable bonds is 4. The molecule has 4 nitrogen and oxygen atoms in total. The highest BCUT2D eigenvalue weighted by Gasteiger charge is 2.62. The molecule has 0 aliphatic rings. The predicted molar refractivity (Wildman–Crippen MR) is 90.9 cm³/mol. The molecule has 0 aliphatic heterocycles. The molecule has 164 valence electrons. The van der Waals surface area contributed by atoms with Crippen molar-refractivity contribution in [1.82, 2.24) is 4.98 Å². The van der Waals surface area contributed by atoms with Crippen molar-refractivity contribution in [3.63, 3.8) is 0 Å². The van der Waals surface area contributed by atoms with E-state index in [1.54, 1.807) is 0 Å². The van der Waals surface area contributed by atoms with E-state index in [0.29, 0.717) is 12.1 Å². The third-order valence-corrected chi connectivity index (χ3v) is 4.07. The van der Waals surface area contributed by atoms with Gasteiger partial charge in [0, 0.05) is 23.4 Å².